The van der Waals surface area contributed by atoms with Gasteiger partial charge in [-0.05, 0) is 30.7 Å². The number of aromatic nitrogens is 2. The van der Waals surface area contributed by atoms with E-state index in [2.05, 4.69) is 5.10 Å². The molecule has 9 heteroatoms. The molecule has 4 rings (SSSR count). The zero-order valence-corrected chi connectivity index (χ0v) is 18.5. The number of benzene rings is 2. The fourth-order valence-corrected chi connectivity index (χ4v) is 4.00. The molecule has 0 N–H and O–H groups in total. The smallest absolute Gasteiger partial charge is 0.368 e. The lowest BCUT2D eigenvalue weighted by Gasteiger charge is -2.36. The minimum atomic E-state index is -4.38. The Kier molecular flexibility index (Phi) is 7.00. The lowest BCUT2D eigenvalue weighted by atomic mass is 10.1. The van der Waals surface area contributed by atoms with Crippen molar-refractivity contribution >= 4 is 11.6 Å². The Morgan fingerprint density at radius 3 is 2.35 bits per heavy atom. The summed E-state index contributed by atoms with van der Waals surface area (Å²) in [4.78, 5) is 28.4. The summed E-state index contributed by atoms with van der Waals surface area (Å²) in [6, 6.07) is 18.0. The molecule has 178 valence electrons. The van der Waals surface area contributed by atoms with E-state index in [4.69, 9.17) is 0 Å². The SMILES string of the molecule is O=C(CCCn1nc(-c2ccccc2)ccc1=O)N1CCN(c2cccc(C(F)(F)F)c2)CC1. The maximum absolute atomic E-state index is 13.0. The molecule has 0 saturated carbocycles. The summed E-state index contributed by atoms with van der Waals surface area (Å²) in [7, 11) is 0. The van der Waals surface area contributed by atoms with Crippen LogP contribution in [0.3, 0.4) is 0 Å². The van der Waals surface area contributed by atoms with Crippen molar-refractivity contribution in [3.63, 3.8) is 0 Å². The molecule has 1 fully saturated rings. The second kappa shape index (κ2) is 10.1. The first-order valence-corrected chi connectivity index (χ1v) is 11.1. The van der Waals surface area contributed by atoms with Crippen LogP contribution in [0.2, 0.25) is 0 Å². The van der Waals surface area contributed by atoms with E-state index in [0.29, 0.717) is 50.5 Å². The molecule has 6 nitrogen and oxygen atoms in total. The molecule has 2 heterocycles. The maximum atomic E-state index is 13.0. The van der Waals surface area contributed by atoms with Crippen molar-refractivity contribution in [2.45, 2.75) is 25.6 Å². The molecule has 0 atom stereocenters. The first-order chi connectivity index (χ1) is 16.3. The minimum Gasteiger partial charge on any atom is -0.368 e. The molecule has 0 radical (unpaired) electrons. The second-order valence-electron chi connectivity index (χ2n) is 8.17. The molecular formula is C25H25F3N4O2. The van der Waals surface area contributed by atoms with Crippen LogP contribution in [0.1, 0.15) is 18.4 Å². The van der Waals surface area contributed by atoms with Crippen molar-refractivity contribution in [2.75, 3.05) is 31.1 Å². The Balaban J connectivity index is 1.29. The van der Waals surface area contributed by atoms with Crippen LogP contribution in [0.15, 0.2) is 71.5 Å². The normalized spacial score (nSPS) is 14.3. The summed E-state index contributed by atoms with van der Waals surface area (Å²) < 4.78 is 40.3. The van der Waals surface area contributed by atoms with Gasteiger partial charge in [-0.3, -0.25) is 9.59 Å². The van der Waals surface area contributed by atoms with E-state index in [0.717, 1.165) is 17.7 Å². The minimum absolute atomic E-state index is 0.0315. The largest absolute Gasteiger partial charge is 0.416 e. The number of halogens is 3. The van der Waals surface area contributed by atoms with Crippen molar-refractivity contribution in [1.82, 2.24) is 14.7 Å². The highest BCUT2D eigenvalue weighted by molar-refractivity contribution is 5.76. The van der Waals surface area contributed by atoms with Crippen LogP contribution in [0, 0.1) is 0 Å². The van der Waals surface area contributed by atoms with E-state index in [1.54, 1.807) is 17.0 Å². The zero-order chi connectivity index (χ0) is 24.1. The van der Waals surface area contributed by atoms with Crippen LogP contribution in [0.25, 0.3) is 11.3 Å². The van der Waals surface area contributed by atoms with Gasteiger partial charge in [-0.2, -0.15) is 18.3 Å². The fourth-order valence-electron chi connectivity index (χ4n) is 4.00. The second-order valence-corrected chi connectivity index (χ2v) is 8.17. The van der Waals surface area contributed by atoms with Crippen LogP contribution in [0.4, 0.5) is 18.9 Å². The van der Waals surface area contributed by atoms with Crippen molar-refractivity contribution in [1.29, 1.82) is 0 Å². The molecule has 0 aliphatic carbocycles. The van der Waals surface area contributed by atoms with Gasteiger partial charge in [0.15, 0.2) is 0 Å². The van der Waals surface area contributed by atoms with Gasteiger partial charge in [0.1, 0.15) is 0 Å². The number of carbonyl (C=O) groups is 1. The van der Waals surface area contributed by atoms with Gasteiger partial charge in [0, 0.05) is 56.5 Å². The molecule has 34 heavy (non-hydrogen) atoms. The third-order valence-electron chi connectivity index (χ3n) is 5.87. The molecule has 1 aliphatic heterocycles. The van der Waals surface area contributed by atoms with E-state index >= 15 is 0 Å². The highest BCUT2D eigenvalue weighted by Crippen LogP contribution is 2.31. The number of hydrogen-bond acceptors (Lipinski definition) is 4. The summed E-state index contributed by atoms with van der Waals surface area (Å²) in [6.07, 6.45) is -3.64. The van der Waals surface area contributed by atoms with Gasteiger partial charge in [0.25, 0.3) is 5.56 Å². The fraction of sp³-hybridized carbons (Fsp3) is 0.320. The number of anilines is 1. The molecule has 0 bridgehead atoms. The van der Waals surface area contributed by atoms with Gasteiger partial charge >= 0.3 is 6.18 Å². The summed E-state index contributed by atoms with van der Waals surface area (Å²) in [5.41, 5.74) is 1.21. The predicted molar refractivity (Wildman–Crippen MR) is 123 cm³/mol. The Labute approximate surface area is 195 Å². The Hall–Kier alpha value is -3.62. The highest BCUT2D eigenvalue weighted by atomic mass is 19.4. The first-order valence-electron chi connectivity index (χ1n) is 11.1. The topological polar surface area (TPSA) is 58.4 Å². The van der Waals surface area contributed by atoms with Gasteiger partial charge in [-0.25, -0.2) is 4.68 Å². The monoisotopic (exact) mass is 470 g/mol. The summed E-state index contributed by atoms with van der Waals surface area (Å²) in [6.45, 7) is 2.14. The highest BCUT2D eigenvalue weighted by Gasteiger charge is 2.31. The number of nitrogens with zero attached hydrogens (tertiary/aromatic N) is 4. The quantitative estimate of drug-likeness (QED) is 0.545. The molecular weight excluding hydrogens is 445 g/mol. The molecule has 3 aromatic rings. The number of alkyl halides is 3. The summed E-state index contributed by atoms with van der Waals surface area (Å²) in [5, 5.41) is 4.41. The molecule has 2 aromatic carbocycles. The van der Waals surface area contributed by atoms with Gasteiger partial charge in [-0.1, -0.05) is 36.4 Å². The van der Waals surface area contributed by atoms with E-state index in [9.17, 15) is 22.8 Å². The van der Waals surface area contributed by atoms with Crippen molar-refractivity contribution in [3.8, 4) is 11.3 Å². The number of piperazine rings is 1. The average Bonchev–Trinajstić information content (AvgIpc) is 2.85. The van der Waals surface area contributed by atoms with E-state index in [-0.39, 0.29) is 17.9 Å². The first kappa shape index (κ1) is 23.5. The summed E-state index contributed by atoms with van der Waals surface area (Å²) in [5.74, 6) is -0.0315. The maximum Gasteiger partial charge on any atom is 0.416 e. The molecule has 1 aromatic heterocycles. The molecule has 0 spiro atoms. The standard InChI is InChI=1S/C25H25F3N4O2/c26-25(27,28)20-8-4-9-21(18-20)30-14-16-31(17-15-30)23(33)10-5-13-32-24(34)12-11-22(29-32)19-6-2-1-3-7-19/h1-4,6-9,11-12,18H,5,10,13-17H2. The van der Waals surface area contributed by atoms with Crippen LogP contribution in [-0.4, -0.2) is 46.8 Å². The average molecular weight is 470 g/mol. The van der Waals surface area contributed by atoms with E-state index in [1.807, 2.05) is 35.2 Å². The van der Waals surface area contributed by atoms with Gasteiger partial charge in [0.2, 0.25) is 5.91 Å². The Morgan fingerprint density at radius 2 is 1.65 bits per heavy atom. The lowest BCUT2D eigenvalue weighted by molar-refractivity contribution is -0.137. The Morgan fingerprint density at radius 1 is 0.912 bits per heavy atom. The van der Waals surface area contributed by atoms with Crippen LogP contribution < -0.4 is 10.5 Å². The molecule has 1 saturated heterocycles. The van der Waals surface area contributed by atoms with E-state index in [1.165, 1.54) is 16.8 Å². The molecule has 0 unspecified atom stereocenters. The number of aryl methyl sites for hydroxylation is 1. The van der Waals surface area contributed by atoms with Crippen LogP contribution in [-0.2, 0) is 17.5 Å². The predicted octanol–water partition coefficient (Wildman–Crippen LogP) is 4.06. The van der Waals surface area contributed by atoms with E-state index < -0.39 is 11.7 Å². The third kappa shape index (κ3) is 5.65. The number of carbonyl (C=O) groups excluding carboxylic acids is 1. The summed E-state index contributed by atoms with van der Waals surface area (Å²) >= 11 is 0. The van der Waals surface area contributed by atoms with Gasteiger partial charge in [0.05, 0.1) is 11.3 Å². The number of rotatable bonds is 6. The molecule has 1 amide bonds. The zero-order valence-electron chi connectivity index (χ0n) is 18.5. The van der Waals surface area contributed by atoms with Crippen LogP contribution in [0.5, 0.6) is 0 Å². The third-order valence-corrected chi connectivity index (χ3v) is 5.87. The van der Waals surface area contributed by atoms with Gasteiger partial charge in [-0.15, -0.1) is 0 Å². The van der Waals surface area contributed by atoms with Crippen LogP contribution >= 0.6 is 0 Å². The van der Waals surface area contributed by atoms with Crippen molar-refractivity contribution in [3.05, 3.63) is 82.6 Å². The Bertz CT molecular complexity index is 1190. The van der Waals surface area contributed by atoms with Crippen molar-refractivity contribution < 1.29 is 18.0 Å². The number of amides is 1. The molecule has 1 aliphatic rings. The lowest BCUT2D eigenvalue weighted by Crippen LogP contribution is -2.48. The van der Waals surface area contributed by atoms with Crippen molar-refractivity contribution in [2.24, 2.45) is 0 Å². The van der Waals surface area contributed by atoms with Gasteiger partial charge < -0.3 is 9.80 Å². The number of hydrogen-bond donors (Lipinski definition) is 0.